The summed E-state index contributed by atoms with van der Waals surface area (Å²) in [6, 6.07) is 29.9. The molecular formula is C25H30NOP. The predicted octanol–water partition coefficient (Wildman–Crippen LogP) is 5.27. The van der Waals surface area contributed by atoms with Crippen molar-refractivity contribution in [3.8, 4) is 0 Å². The lowest BCUT2D eigenvalue weighted by molar-refractivity contribution is 0.348. The molecule has 0 aromatic heterocycles. The summed E-state index contributed by atoms with van der Waals surface area (Å²) in [5.74, 6) is 0.782. The molecule has 0 aliphatic carbocycles. The van der Waals surface area contributed by atoms with Gasteiger partial charge in [-0.1, -0.05) is 107 Å². The van der Waals surface area contributed by atoms with Gasteiger partial charge in [-0.3, -0.25) is 0 Å². The molecule has 3 heteroatoms. The van der Waals surface area contributed by atoms with E-state index in [4.69, 9.17) is 4.74 Å². The second kappa shape index (κ2) is 12.1. The van der Waals surface area contributed by atoms with Crippen molar-refractivity contribution in [3.63, 3.8) is 0 Å². The van der Waals surface area contributed by atoms with Gasteiger partial charge < -0.3 is 4.74 Å². The Bertz CT molecular complexity index is 807. The van der Waals surface area contributed by atoms with Crippen molar-refractivity contribution in [3.05, 3.63) is 90.5 Å². The molecule has 2 nitrogen and oxygen atoms in total. The summed E-state index contributed by atoms with van der Waals surface area (Å²) < 4.78 is 5.76. The zero-order chi connectivity index (χ0) is 20.2. The third-order valence-electron chi connectivity index (χ3n) is 3.99. The molecule has 3 aromatic carbocycles. The zero-order valence-electron chi connectivity index (χ0n) is 17.3. The van der Waals surface area contributed by atoms with Gasteiger partial charge in [-0.15, -0.1) is 0 Å². The number of hydrogen-bond acceptors (Lipinski definition) is 2. The van der Waals surface area contributed by atoms with E-state index in [9.17, 15) is 0 Å². The minimum absolute atomic E-state index is 0.644. The molecule has 0 saturated carbocycles. The highest BCUT2D eigenvalue weighted by molar-refractivity contribution is 7.80. The smallest absolute Gasteiger partial charge is 0.216 e. The highest BCUT2D eigenvalue weighted by Gasteiger charge is 2.22. The Morgan fingerprint density at radius 2 is 1.18 bits per heavy atom. The van der Waals surface area contributed by atoms with Crippen LogP contribution in [0.5, 0.6) is 0 Å². The summed E-state index contributed by atoms with van der Waals surface area (Å²) in [5, 5.41) is 3.97. The number of benzene rings is 3. The first kappa shape index (κ1) is 21.9. The Kier molecular flexibility index (Phi) is 9.45. The first-order valence-electron chi connectivity index (χ1n) is 10.1. The van der Waals surface area contributed by atoms with Crippen molar-refractivity contribution in [2.24, 2.45) is 4.99 Å². The Balaban J connectivity index is 0.000000660. The molecule has 0 N–H and O–H groups in total. The van der Waals surface area contributed by atoms with Gasteiger partial charge >= 0.3 is 0 Å². The molecule has 0 bridgehead atoms. The topological polar surface area (TPSA) is 21.6 Å². The van der Waals surface area contributed by atoms with Gasteiger partial charge in [0.15, 0.2) is 0 Å². The Labute approximate surface area is 171 Å². The van der Waals surface area contributed by atoms with Crippen molar-refractivity contribution < 1.29 is 4.74 Å². The summed E-state index contributed by atoms with van der Waals surface area (Å²) in [5.41, 5.74) is 1.12. The zero-order valence-corrected chi connectivity index (χ0v) is 18.2. The van der Waals surface area contributed by atoms with E-state index in [0.717, 1.165) is 18.0 Å². The molecule has 3 aromatic rings. The summed E-state index contributed by atoms with van der Waals surface area (Å²) in [6.45, 7) is 9.43. The predicted molar refractivity (Wildman–Crippen MR) is 125 cm³/mol. The van der Waals surface area contributed by atoms with E-state index in [1.807, 2.05) is 27.7 Å². The van der Waals surface area contributed by atoms with E-state index in [1.165, 1.54) is 15.9 Å². The monoisotopic (exact) mass is 391 g/mol. The molecule has 1 aliphatic rings. The van der Waals surface area contributed by atoms with Crippen molar-refractivity contribution in [2.75, 3.05) is 13.2 Å². The van der Waals surface area contributed by atoms with Gasteiger partial charge in [0, 0.05) is 5.56 Å². The average Bonchev–Trinajstić information content (AvgIpc) is 3.34. The highest BCUT2D eigenvalue weighted by Crippen LogP contribution is 2.34. The molecule has 146 valence electrons. The largest absolute Gasteiger partial charge is 0.475 e. The van der Waals surface area contributed by atoms with E-state index >= 15 is 0 Å². The quantitative estimate of drug-likeness (QED) is 0.555. The normalized spacial score (nSPS) is 12.1. The maximum Gasteiger partial charge on any atom is 0.216 e. The maximum absolute atomic E-state index is 5.76. The molecule has 1 aliphatic heterocycles. The number of rotatable bonds is 4. The van der Waals surface area contributed by atoms with Gasteiger partial charge in [0.1, 0.15) is 6.61 Å². The second-order valence-electron chi connectivity index (χ2n) is 5.56. The van der Waals surface area contributed by atoms with Gasteiger partial charge in [0.25, 0.3) is 0 Å². The molecule has 0 amide bonds. The SMILES string of the molecule is CC.CC.c1ccc(P(c2ccccc2)c2ccccc2C2=NCCO2)cc1. The van der Waals surface area contributed by atoms with E-state index < -0.39 is 7.92 Å². The van der Waals surface area contributed by atoms with Crippen molar-refractivity contribution in [1.29, 1.82) is 0 Å². The number of hydrogen-bond donors (Lipinski definition) is 0. The fourth-order valence-electron chi connectivity index (χ4n) is 2.93. The summed E-state index contributed by atoms with van der Waals surface area (Å²) in [7, 11) is -0.644. The van der Waals surface area contributed by atoms with Crippen LogP contribution in [0.15, 0.2) is 89.9 Å². The Morgan fingerprint density at radius 3 is 1.68 bits per heavy atom. The van der Waals surface area contributed by atoms with Crippen LogP contribution in [-0.4, -0.2) is 19.0 Å². The molecule has 4 rings (SSSR count). The van der Waals surface area contributed by atoms with Crippen LogP contribution in [0, 0.1) is 0 Å². The van der Waals surface area contributed by atoms with Gasteiger partial charge in [0.2, 0.25) is 5.90 Å². The van der Waals surface area contributed by atoms with Gasteiger partial charge in [-0.2, -0.15) is 0 Å². The fraction of sp³-hybridized carbons (Fsp3) is 0.240. The lowest BCUT2D eigenvalue weighted by atomic mass is 10.2. The standard InChI is InChI=1S/C21H18NOP.2C2H6/c1-3-9-17(10-4-1)24(18-11-5-2-6-12-18)20-14-8-7-13-19(20)21-22-15-16-23-21;2*1-2/h1-14H,15-16H2;2*1-2H3. The number of aliphatic imine (C=N–C) groups is 1. The molecule has 0 fully saturated rings. The number of ether oxygens (including phenoxy) is 1. The molecule has 0 unspecified atom stereocenters. The first-order chi connectivity index (χ1) is 13.9. The van der Waals surface area contributed by atoms with Crippen LogP contribution in [0.25, 0.3) is 0 Å². The van der Waals surface area contributed by atoms with Gasteiger partial charge in [-0.25, -0.2) is 4.99 Å². The van der Waals surface area contributed by atoms with E-state index in [-0.39, 0.29) is 0 Å². The molecule has 0 atom stereocenters. The molecule has 0 saturated heterocycles. The van der Waals surface area contributed by atoms with Crippen molar-refractivity contribution in [2.45, 2.75) is 27.7 Å². The lowest BCUT2D eigenvalue weighted by Crippen LogP contribution is -2.25. The van der Waals surface area contributed by atoms with E-state index in [1.54, 1.807) is 0 Å². The Hall–Kier alpha value is -2.44. The summed E-state index contributed by atoms with van der Waals surface area (Å²) in [4.78, 5) is 4.54. The van der Waals surface area contributed by atoms with Crippen LogP contribution in [-0.2, 0) is 4.74 Å². The highest BCUT2D eigenvalue weighted by atomic mass is 31.1. The van der Waals surface area contributed by atoms with Crippen LogP contribution in [0.2, 0.25) is 0 Å². The molecule has 28 heavy (non-hydrogen) atoms. The molecule has 0 radical (unpaired) electrons. The Morgan fingerprint density at radius 1 is 0.679 bits per heavy atom. The van der Waals surface area contributed by atoms with Crippen molar-refractivity contribution in [1.82, 2.24) is 0 Å². The third kappa shape index (κ3) is 5.30. The van der Waals surface area contributed by atoms with Crippen LogP contribution in [0.4, 0.5) is 0 Å². The van der Waals surface area contributed by atoms with Crippen LogP contribution in [0.1, 0.15) is 33.3 Å². The van der Waals surface area contributed by atoms with Crippen molar-refractivity contribution >= 4 is 29.7 Å². The summed E-state index contributed by atoms with van der Waals surface area (Å²) >= 11 is 0. The van der Waals surface area contributed by atoms with Crippen LogP contribution in [0.3, 0.4) is 0 Å². The van der Waals surface area contributed by atoms with E-state index in [2.05, 4.69) is 89.9 Å². The van der Waals surface area contributed by atoms with Gasteiger partial charge in [0.05, 0.1) is 6.54 Å². The van der Waals surface area contributed by atoms with Crippen LogP contribution >= 0.6 is 7.92 Å². The fourth-order valence-corrected chi connectivity index (χ4v) is 5.37. The first-order valence-corrected chi connectivity index (χ1v) is 11.4. The maximum atomic E-state index is 5.76. The summed E-state index contributed by atoms with van der Waals surface area (Å²) in [6.07, 6.45) is 0. The van der Waals surface area contributed by atoms with Gasteiger partial charge in [-0.05, 0) is 29.9 Å². The minimum atomic E-state index is -0.644. The molecule has 1 heterocycles. The number of nitrogens with zero attached hydrogens (tertiary/aromatic N) is 1. The molecular weight excluding hydrogens is 361 g/mol. The average molecular weight is 391 g/mol. The third-order valence-corrected chi connectivity index (χ3v) is 6.49. The van der Waals surface area contributed by atoms with E-state index in [0.29, 0.717) is 6.61 Å². The second-order valence-corrected chi connectivity index (χ2v) is 7.74. The minimum Gasteiger partial charge on any atom is -0.475 e. The van der Waals surface area contributed by atoms with Crippen LogP contribution < -0.4 is 15.9 Å². The lowest BCUT2D eigenvalue weighted by Gasteiger charge is -2.22. The molecule has 0 spiro atoms.